The maximum Gasteiger partial charge on any atom is 0.251 e. The SMILES string of the molecule is Cc1ccc(C(CNC(=O)c2cccc(F)c2)N2CCN(C)CC2)cc1. The maximum absolute atomic E-state index is 13.4. The van der Waals surface area contributed by atoms with Gasteiger partial charge >= 0.3 is 0 Å². The van der Waals surface area contributed by atoms with Crippen molar-refractivity contribution in [3.05, 3.63) is 71.0 Å². The molecule has 1 saturated heterocycles. The van der Waals surface area contributed by atoms with E-state index in [1.54, 1.807) is 12.1 Å². The van der Waals surface area contributed by atoms with Crippen LogP contribution in [0.2, 0.25) is 0 Å². The summed E-state index contributed by atoms with van der Waals surface area (Å²) in [5.41, 5.74) is 2.76. The Bertz CT molecular complexity index is 739. The van der Waals surface area contributed by atoms with E-state index in [0.29, 0.717) is 12.1 Å². The van der Waals surface area contributed by atoms with Crippen molar-refractivity contribution in [1.29, 1.82) is 0 Å². The lowest BCUT2D eigenvalue weighted by molar-refractivity contribution is 0.0886. The molecular formula is C21H26FN3O. The average molecular weight is 355 g/mol. The Morgan fingerprint density at radius 2 is 1.81 bits per heavy atom. The van der Waals surface area contributed by atoms with Crippen LogP contribution in [0.1, 0.15) is 27.5 Å². The summed E-state index contributed by atoms with van der Waals surface area (Å²) in [4.78, 5) is 17.1. The van der Waals surface area contributed by atoms with Gasteiger partial charge in [0.05, 0.1) is 6.04 Å². The molecule has 0 bridgehead atoms. The molecule has 0 aliphatic carbocycles. The van der Waals surface area contributed by atoms with Gasteiger partial charge < -0.3 is 10.2 Å². The second kappa shape index (κ2) is 8.43. The van der Waals surface area contributed by atoms with Crippen molar-refractivity contribution in [3.63, 3.8) is 0 Å². The summed E-state index contributed by atoms with van der Waals surface area (Å²) in [6, 6.07) is 14.4. The Kier molecular flexibility index (Phi) is 6.01. The van der Waals surface area contributed by atoms with E-state index >= 15 is 0 Å². The molecule has 1 atom stereocenters. The van der Waals surface area contributed by atoms with Crippen LogP contribution in [0.4, 0.5) is 4.39 Å². The van der Waals surface area contributed by atoms with E-state index in [-0.39, 0.29) is 11.9 Å². The van der Waals surface area contributed by atoms with Gasteiger partial charge in [0.25, 0.3) is 5.91 Å². The van der Waals surface area contributed by atoms with Gasteiger partial charge in [-0.15, -0.1) is 0 Å². The van der Waals surface area contributed by atoms with Crippen LogP contribution in [0, 0.1) is 12.7 Å². The highest BCUT2D eigenvalue weighted by molar-refractivity contribution is 5.94. The highest BCUT2D eigenvalue weighted by atomic mass is 19.1. The summed E-state index contributed by atoms with van der Waals surface area (Å²) < 4.78 is 13.4. The van der Waals surface area contributed by atoms with Gasteiger partial charge in [0, 0.05) is 38.3 Å². The smallest absolute Gasteiger partial charge is 0.251 e. The molecule has 4 nitrogen and oxygen atoms in total. The summed E-state index contributed by atoms with van der Waals surface area (Å²) in [5.74, 6) is -0.637. The fourth-order valence-corrected chi connectivity index (χ4v) is 3.30. The van der Waals surface area contributed by atoms with Crippen LogP contribution in [-0.2, 0) is 0 Å². The van der Waals surface area contributed by atoms with Crippen LogP contribution in [0.25, 0.3) is 0 Å². The van der Waals surface area contributed by atoms with Crippen LogP contribution in [-0.4, -0.2) is 55.5 Å². The zero-order chi connectivity index (χ0) is 18.5. The lowest BCUT2D eigenvalue weighted by Crippen LogP contribution is -2.48. The van der Waals surface area contributed by atoms with E-state index in [2.05, 4.69) is 53.4 Å². The number of halogens is 1. The van der Waals surface area contributed by atoms with E-state index in [1.165, 1.54) is 23.3 Å². The number of carbonyl (C=O) groups excluding carboxylic acids is 1. The lowest BCUT2D eigenvalue weighted by Gasteiger charge is -2.38. The molecule has 0 radical (unpaired) electrons. The maximum atomic E-state index is 13.4. The number of likely N-dealkylation sites (N-methyl/N-ethyl adjacent to an activating group) is 1. The minimum absolute atomic E-state index is 0.113. The number of hydrogen-bond donors (Lipinski definition) is 1. The van der Waals surface area contributed by atoms with Crippen molar-refractivity contribution in [2.24, 2.45) is 0 Å². The zero-order valence-electron chi connectivity index (χ0n) is 15.4. The number of piperazine rings is 1. The van der Waals surface area contributed by atoms with Crippen LogP contribution < -0.4 is 5.32 Å². The molecule has 138 valence electrons. The first-order chi connectivity index (χ1) is 12.5. The Balaban J connectivity index is 1.73. The molecule has 1 N–H and O–H groups in total. The molecule has 1 amide bonds. The van der Waals surface area contributed by atoms with Gasteiger partial charge in [0.2, 0.25) is 0 Å². The molecule has 1 fully saturated rings. The van der Waals surface area contributed by atoms with Gasteiger partial charge in [0.15, 0.2) is 0 Å². The minimum atomic E-state index is -0.396. The van der Waals surface area contributed by atoms with E-state index in [0.717, 1.165) is 26.2 Å². The third-order valence-electron chi connectivity index (χ3n) is 4.98. The lowest BCUT2D eigenvalue weighted by atomic mass is 10.0. The Hall–Kier alpha value is -2.24. The molecule has 5 heteroatoms. The summed E-state index contributed by atoms with van der Waals surface area (Å²) in [7, 11) is 2.13. The van der Waals surface area contributed by atoms with E-state index in [1.807, 2.05) is 0 Å². The predicted octanol–water partition coefficient (Wildman–Crippen LogP) is 2.85. The highest BCUT2D eigenvalue weighted by Crippen LogP contribution is 2.22. The van der Waals surface area contributed by atoms with Crippen LogP contribution >= 0.6 is 0 Å². The third kappa shape index (κ3) is 4.68. The van der Waals surface area contributed by atoms with Crippen LogP contribution in [0.15, 0.2) is 48.5 Å². The molecule has 0 spiro atoms. The fraction of sp³-hybridized carbons (Fsp3) is 0.381. The first-order valence-electron chi connectivity index (χ1n) is 9.06. The van der Waals surface area contributed by atoms with Gasteiger partial charge in [-0.3, -0.25) is 9.69 Å². The molecule has 1 unspecified atom stereocenters. The molecule has 3 rings (SSSR count). The number of aryl methyl sites for hydroxylation is 1. The number of rotatable bonds is 5. The Morgan fingerprint density at radius 1 is 1.12 bits per heavy atom. The topological polar surface area (TPSA) is 35.6 Å². The number of hydrogen-bond acceptors (Lipinski definition) is 3. The summed E-state index contributed by atoms with van der Waals surface area (Å²) in [6.07, 6.45) is 0. The van der Waals surface area contributed by atoms with Crippen molar-refractivity contribution < 1.29 is 9.18 Å². The molecule has 0 saturated carbocycles. The van der Waals surface area contributed by atoms with Gasteiger partial charge in [-0.2, -0.15) is 0 Å². The van der Waals surface area contributed by atoms with Crippen molar-refractivity contribution in [3.8, 4) is 0 Å². The first-order valence-corrected chi connectivity index (χ1v) is 9.06. The molecule has 0 aromatic heterocycles. The Labute approximate surface area is 154 Å². The summed E-state index contributed by atoms with van der Waals surface area (Å²) in [6.45, 7) is 6.53. The molecular weight excluding hydrogens is 329 g/mol. The fourth-order valence-electron chi connectivity index (χ4n) is 3.30. The van der Waals surface area contributed by atoms with Crippen molar-refractivity contribution in [2.75, 3.05) is 39.8 Å². The first kappa shape index (κ1) is 18.5. The number of nitrogens with one attached hydrogen (secondary N) is 1. The standard InChI is InChI=1S/C21H26FN3O/c1-16-6-8-17(9-7-16)20(25-12-10-24(2)11-13-25)15-23-21(26)18-4-3-5-19(22)14-18/h3-9,14,20H,10-13,15H2,1-2H3,(H,23,26). The molecule has 1 aliphatic rings. The number of carbonyl (C=O) groups is 1. The summed E-state index contributed by atoms with van der Waals surface area (Å²) >= 11 is 0. The third-order valence-corrected chi connectivity index (χ3v) is 4.98. The van der Waals surface area contributed by atoms with E-state index < -0.39 is 5.82 Å². The molecule has 26 heavy (non-hydrogen) atoms. The molecule has 1 heterocycles. The van der Waals surface area contributed by atoms with Crippen molar-refractivity contribution in [1.82, 2.24) is 15.1 Å². The Morgan fingerprint density at radius 3 is 2.46 bits per heavy atom. The van der Waals surface area contributed by atoms with Crippen molar-refractivity contribution >= 4 is 5.91 Å². The minimum Gasteiger partial charge on any atom is -0.350 e. The second-order valence-corrected chi connectivity index (χ2v) is 6.99. The van der Waals surface area contributed by atoms with Gasteiger partial charge in [-0.25, -0.2) is 4.39 Å². The largest absolute Gasteiger partial charge is 0.350 e. The van der Waals surface area contributed by atoms with Crippen molar-refractivity contribution in [2.45, 2.75) is 13.0 Å². The van der Waals surface area contributed by atoms with E-state index in [4.69, 9.17) is 0 Å². The van der Waals surface area contributed by atoms with Crippen LogP contribution in [0.3, 0.4) is 0 Å². The quantitative estimate of drug-likeness (QED) is 0.896. The average Bonchev–Trinajstić information content (AvgIpc) is 2.64. The van der Waals surface area contributed by atoms with Gasteiger partial charge in [-0.1, -0.05) is 35.9 Å². The molecule has 1 aliphatic heterocycles. The zero-order valence-corrected chi connectivity index (χ0v) is 15.4. The highest BCUT2D eigenvalue weighted by Gasteiger charge is 2.24. The predicted molar refractivity (Wildman–Crippen MR) is 102 cm³/mol. The van der Waals surface area contributed by atoms with E-state index in [9.17, 15) is 9.18 Å². The number of amides is 1. The molecule has 2 aromatic carbocycles. The monoisotopic (exact) mass is 355 g/mol. The number of benzene rings is 2. The second-order valence-electron chi connectivity index (χ2n) is 6.99. The van der Waals surface area contributed by atoms with Gasteiger partial charge in [0.1, 0.15) is 5.82 Å². The normalized spacial score (nSPS) is 17.0. The summed E-state index contributed by atoms with van der Waals surface area (Å²) in [5, 5.41) is 2.99. The molecule has 2 aromatic rings. The van der Waals surface area contributed by atoms with Gasteiger partial charge in [-0.05, 0) is 37.7 Å². The number of nitrogens with zero attached hydrogens (tertiary/aromatic N) is 2. The van der Waals surface area contributed by atoms with Crippen LogP contribution in [0.5, 0.6) is 0 Å².